The van der Waals surface area contributed by atoms with E-state index in [4.69, 9.17) is 0 Å². The maximum Gasteiger partial charge on any atom is 0 e. The summed E-state index contributed by atoms with van der Waals surface area (Å²) in [7, 11) is 0. The van der Waals surface area contributed by atoms with E-state index in [-0.39, 0.29) is 92.4 Å². The van der Waals surface area contributed by atoms with Gasteiger partial charge in [-0.3, -0.25) is 0 Å². The van der Waals surface area contributed by atoms with Gasteiger partial charge in [-0.1, -0.05) is 0 Å². The minimum Gasteiger partial charge on any atom is 0 e. The predicted octanol–water partition coefficient (Wildman–Crippen LogP) is -1.15. The van der Waals surface area contributed by atoms with E-state index in [1.54, 1.807) is 0 Å². The molecule has 0 bridgehead atoms. The summed E-state index contributed by atoms with van der Waals surface area (Å²) in [6.07, 6.45) is 0. The van der Waals surface area contributed by atoms with Crippen LogP contribution in [0.3, 0.4) is 0 Å². The Hall–Kier alpha value is 2.90. The maximum atomic E-state index is 0. The second kappa shape index (κ2) is 28.6. The van der Waals surface area contributed by atoms with Gasteiger partial charge in [-0.15, -0.1) is 0 Å². The molecule has 0 amide bonds. The molecule has 0 atom stereocenters. The molecule has 29 valence electrons. The summed E-state index contributed by atoms with van der Waals surface area (Å²) in [5, 5.41) is 0. The molecule has 0 nitrogen and oxygen atoms in total. The van der Waals surface area contributed by atoms with Crippen LogP contribution in [0, 0.1) is 0 Å². The third-order valence-corrected chi connectivity index (χ3v) is 0. The van der Waals surface area contributed by atoms with Gasteiger partial charge in [0.1, 0.15) is 0 Å². The second-order valence-corrected chi connectivity index (χ2v) is 0. The molecular formula is Ga3Ni2. The fraction of sp³-hybridized carbons (Fsp3) is 0. The minimum atomic E-state index is 0. The zero-order valence-electron chi connectivity index (χ0n) is 2.36. The van der Waals surface area contributed by atoms with Crippen LogP contribution in [0.4, 0.5) is 0 Å². The van der Waals surface area contributed by atoms with Crippen LogP contribution in [0.5, 0.6) is 0 Å². The molecule has 0 fully saturated rings. The van der Waals surface area contributed by atoms with Crippen LogP contribution < -0.4 is 0 Å². The van der Waals surface area contributed by atoms with Crippen molar-refractivity contribution < 1.29 is 33.0 Å². The van der Waals surface area contributed by atoms with E-state index < -0.39 is 0 Å². The molecule has 0 saturated heterocycles. The van der Waals surface area contributed by atoms with E-state index in [2.05, 4.69) is 0 Å². The van der Waals surface area contributed by atoms with E-state index in [1.807, 2.05) is 0 Å². The first-order chi connectivity index (χ1) is 0. The monoisotopic (exact) mass is 323 g/mol. The van der Waals surface area contributed by atoms with Crippen molar-refractivity contribution in [2.24, 2.45) is 0 Å². The van der Waals surface area contributed by atoms with Gasteiger partial charge in [0.2, 0.25) is 0 Å². The largest absolute Gasteiger partial charge is 0 e. The Labute approximate surface area is 91.0 Å². The van der Waals surface area contributed by atoms with Crippen molar-refractivity contribution in [3.8, 4) is 0 Å². The molecule has 0 heterocycles. The molecule has 0 aliphatic carbocycles. The molecule has 0 N–H and O–H groups in total. The molecule has 0 aromatic rings. The van der Waals surface area contributed by atoms with Crippen molar-refractivity contribution in [3.63, 3.8) is 0 Å². The normalized spacial score (nSPS) is 0. The fourth-order valence-electron chi connectivity index (χ4n) is 0. The molecule has 0 aliphatic rings. The van der Waals surface area contributed by atoms with Gasteiger partial charge < -0.3 is 0 Å². The molecule has 0 spiro atoms. The number of hydrogen-bond acceptors (Lipinski definition) is 0. The van der Waals surface area contributed by atoms with Crippen molar-refractivity contribution in [2.45, 2.75) is 0 Å². The van der Waals surface area contributed by atoms with Crippen LogP contribution >= 0.6 is 0 Å². The van der Waals surface area contributed by atoms with Gasteiger partial charge in [0.05, 0.1) is 0 Å². The summed E-state index contributed by atoms with van der Waals surface area (Å²) >= 11 is 0. The molecule has 0 aromatic carbocycles. The summed E-state index contributed by atoms with van der Waals surface area (Å²) < 4.78 is 0. The average molecular weight is 327 g/mol. The number of hydrogen-bond donors (Lipinski definition) is 0. The molecule has 0 unspecified atom stereocenters. The summed E-state index contributed by atoms with van der Waals surface area (Å²) in [4.78, 5) is 0. The van der Waals surface area contributed by atoms with Crippen LogP contribution in [0.15, 0.2) is 0 Å². The van der Waals surface area contributed by atoms with Gasteiger partial charge in [0.15, 0.2) is 0 Å². The first-order valence-electron chi connectivity index (χ1n) is 0. The Morgan fingerprint density at radius 2 is 0.400 bits per heavy atom. The summed E-state index contributed by atoms with van der Waals surface area (Å²) in [5.41, 5.74) is 0. The third-order valence-electron chi connectivity index (χ3n) is 0. The van der Waals surface area contributed by atoms with Crippen molar-refractivity contribution in [3.05, 3.63) is 0 Å². The van der Waals surface area contributed by atoms with Gasteiger partial charge >= 0.3 is 0 Å². The molecular weight excluding hydrogens is 327 g/mol. The quantitative estimate of drug-likeness (QED) is 0.494. The zero-order chi connectivity index (χ0) is 0. The molecule has 0 rings (SSSR count). The Morgan fingerprint density at radius 1 is 0.400 bits per heavy atom. The van der Waals surface area contributed by atoms with E-state index in [0.29, 0.717) is 0 Å². The van der Waals surface area contributed by atoms with Crippen LogP contribution in [0.2, 0.25) is 0 Å². The first-order valence-corrected chi connectivity index (χ1v) is 0. The molecule has 5 heavy (non-hydrogen) atoms. The van der Waals surface area contributed by atoms with Gasteiger partial charge in [-0.25, -0.2) is 0 Å². The Balaban J connectivity index is 0. The molecule has 0 saturated carbocycles. The smallest absolute Gasteiger partial charge is 0 e. The van der Waals surface area contributed by atoms with Crippen LogP contribution in [-0.4, -0.2) is 59.4 Å². The van der Waals surface area contributed by atoms with Gasteiger partial charge in [-0.05, 0) is 0 Å². The third kappa shape index (κ3) is 19.7. The van der Waals surface area contributed by atoms with Crippen LogP contribution in [0.25, 0.3) is 0 Å². The Kier molecular flexibility index (Phi) is 256. The molecule has 0 aliphatic heterocycles. The summed E-state index contributed by atoms with van der Waals surface area (Å²) in [6.45, 7) is 0. The Morgan fingerprint density at radius 3 is 0.400 bits per heavy atom. The van der Waals surface area contributed by atoms with Crippen molar-refractivity contribution in [1.29, 1.82) is 0 Å². The molecule has 0 aromatic heterocycles. The first kappa shape index (κ1) is 44.8. The minimum absolute atomic E-state index is 0. The van der Waals surface area contributed by atoms with E-state index in [9.17, 15) is 0 Å². The Bertz CT molecular complexity index is 4.85. The van der Waals surface area contributed by atoms with Crippen LogP contribution in [-0.2, 0) is 33.0 Å². The SMILES string of the molecule is [Ga].[Ga].[Ga].[Ni].[Ni]. The fourth-order valence-corrected chi connectivity index (χ4v) is 0. The van der Waals surface area contributed by atoms with Gasteiger partial charge in [-0.2, -0.15) is 0 Å². The van der Waals surface area contributed by atoms with E-state index >= 15 is 0 Å². The van der Waals surface area contributed by atoms with Gasteiger partial charge in [0.25, 0.3) is 0 Å². The summed E-state index contributed by atoms with van der Waals surface area (Å²) in [6, 6.07) is 0. The molecule has 9 radical (unpaired) electrons. The van der Waals surface area contributed by atoms with Crippen molar-refractivity contribution >= 4 is 59.4 Å². The zero-order valence-corrected chi connectivity index (χ0v) is 11.6. The van der Waals surface area contributed by atoms with Crippen molar-refractivity contribution in [1.82, 2.24) is 0 Å². The predicted molar refractivity (Wildman–Crippen MR) is 17.3 cm³/mol. The van der Waals surface area contributed by atoms with Crippen LogP contribution in [0.1, 0.15) is 0 Å². The average Bonchev–Trinajstić information content (AvgIpc) is 0. The van der Waals surface area contributed by atoms with Crippen molar-refractivity contribution in [2.75, 3.05) is 0 Å². The van der Waals surface area contributed by atoms with E-state index in [1.165, 1.54) is 0 Å². The maximum absolute atomic E-state index is 0. The van der Waals surface area contributed by atoms with E-state index in [0.717, 1.165) is 0 Å². The number of rotatable bonds is 0. The summed E-state index contributed by atoms with van der Waals surface area (Å²) in [5.74, 6) is 0. The topological polar surface area (TPSA) is 0 Å². The van der Waals surface area contributed by atoms with Gasteiger partial charge in [0, 0.05) is 92.4 Å². The molecule has 5 heteroatoms. The standard InChI is InChI=1S/3Ga.2Ni. The second-order valence-electron chi connectivity index (χ2n) is 0.